The third-order valence-corrected chi connectivity index (χ3v) is 2.17. The van der Waals surface area contributed by atoms with Crippen molar-refractivity contribution in [3.05, 3.63) is 24.7 Å². The molecule has 2 aromatic heterocycles. The van der Waals surface area contributed by atoms with Gasteiger partial charge >= 0.3 is 0 Å². The molecule has 0 aliphatic heterocycles. The van der Waals surface area contributed by atoms with Crippen LogP contribution in [0.2, 0.25) is 0 Å². The summed E-state index contributed by atoms with van der Waals surface area (Å²) < 4.78 is 1.77. The molecule has 0 bridgehead atoms. The number of rotatable bonds is 3. The maximum Gasteiger partial charge on any atom is 0.224 e. The van der Waals surface area contributed by atoms with Gasteiger partial charge in [-0.25, -0.2) is 0 Å². The van der Waals surface area contributed by atoms with Crippen molar-refractivity contribution in [2.24, 2.45) is 5.92 Å². The van der Waals surface area contributed by atoms with Gasteiger partial charge in [0.05, 0.1) is 5.69 Å². The molecule has 0 atom stereocenters. The summed E-state index contributed by atoms with van der Waals surface area (Å²) in [5, 5.41) is 10.5. The highest BCUT2D eigenvalue weighted by atomic mass is 16.1. The van der Waals surface area contributed by atoms with Crippen LogP contribution in [0.4, 0.5) is 5.69 Å². The number of pyridine rings is 1. The van der Waals surface area contributed by atoms with Crippen molar-refractivity contribution < 1.29 is 4.79 Å². The predicted octanol–water partition coefficient (Wildman–Crippen LogP) is 1.71. The molecule has 0 saturated heterocycles. The van der Waals surface area contributed by atoms with Crippen molar-refractivity contribution in [2.75, 3.05) is 5.32 Å². The quantitative estimate of drug-likeness (QED) is 0.853. The summed E-state index contributed by atoms with van der Waals surface area (Å²) in [5.41, 5.74) is 1.53. The number of aromatic nitrogens is 3. The van der Waals surface area contributed by atoms with Crippen LogP contribution in [0.5, 0.6) is 0 Å². The van der Waals surface area contributed by atoms with E-state index in [1.54, 1.807) is 16.9 Å². The van der Waals surface area contributed by atoms with Gasteiger partial charge in [-0.1, -0.05) is 13.8 Å². The van der Waals surface area contributed by atoms with Gasteiger partial charge in [-0.2, -0.15) is 0 Å². The Bertz CT molecular complexity index is 503. The molecule has 0 aliphatic rings. The molecule has 2 rings (SSSR count). The third-order valence-electron chi connectivity index (χ3n) is 2.17. The summed E-state index contributed by atoms with van der Waals surface area (Å²) in [4.78, 5) is 11.5. The second-order valence-corrected chi connectivity index (χ2v) is 4.16. The van der Waals surface area contributed by atoms with Gasteiger partial charge in [-0.05, 0) is 18.1 Å². The lowest BCUT2D eigenvalue weighted by Crippen LogP contribution is -2.14. The highest BCUT2D eigenvalue weighted by Crippen LogP contribution is 2.10. The molecule has 0 fully saturated rings. The van der Waals surface area contributed by atoms with Gasteiger partial charge in [-0.3, -0.25) is 9.20 Å². The Morgan fingerprint density at radius 1 is 1.50 bits per heavy atom. The van der Waals surface area contributed by atoms with Gasteiger partial charge in [0.1, 0.15) is 6.33 Å². The van der Waals surface area contributed by atoms with Crippen LogP contribution in [-0.4, -0.2) is 20.5 Å². The second-order valence-electron chi connectivity index (χ2n) is 4.16. The summed E-state index contributed by atoms with van der Waals surface area (Å²) >= 11 is 0. The van der Waals surface area contributed by atoms with Crippen molar-refractivity contribution in [3.63, 3.8) is 0 Å². The van der Waals surface area contributed by atoms with Crippen LogP contribution in [0, 0.1) is 5.92 Å². The molecule has 0 aliphatic carbocycles. The molecule has 0 spiro atoms. The molecule has 5 heteroatoms. The monoisotopic (exact) mass is 218 g/mol. The van der Waals surface area contributed by atoms with E-state index in [2.05, 4.69) is 15.5 Å². The summed E-state index contributed by atoms with van der Waals surface area (Å²) in [7, 11) is 0. The van der Waals surface area contributed by atoms with E-state index in [1.165, 1.54) is 0 Å². The topological polar surface area (TPSA) is 59.3 Å². The third kappa shape index (κ3) is 2.36. The summed E-state index contributed by atoms with van der Waals surface area (Å²) in [5.74, 6) is 0.390. The number of nitrogens with zero attached hydrogens (tertiary/aromatic N) is 3. The highest BCUT2D eigenvalue weighted by molar-refractivity contribution is 5.90. The SMILES string of the molecule is CC(C)CC(=O)Nc1ccc2nncn2c1. The van der Waals surface area contributed by atoms with Crippen LogP contribution in [0.1, 0.15) is 20.3 Å². The highest BCUT2D eigenvalue weighted by Gasteiger charge is 2.05. The van der Waals surface area contributed by atoms with Gasteiger partial charge in [0.2, 0.25) is 5.91 Å². The summed E-state index contributed by atoms with van der Waals surface area (Å²) in [6, 6.07) is 3.64. The van der Waals surface area contributed by atoms with Crippen LogP contribution in [0.25, 0.3) is 5.65 Å². The van der Waals surface area contributed by atoms with E-state index >= 15 is 0 Å². The number of nitrogens with one attached hydrogen (secondary N) is 1. The molecule has 2 aromatic rings. The number of amides is 1. The molecule has 0 saturated carbocycles. The lowest BCUT2D eigenvalue weighted by Gasteiger charge is -2.07. The molecule has 16 heavy (non-hydrogen) atoms. The van der Waals surface area contributed by atoms with E-state index in [-0.39, 0.29) is 5.91 Å². The average Bonchev–Trinajstić information content (AvgIpc) is 2.63. The van der Waals surface area contributed by atoms with Gasteiger partial charge in [0, 0.05) is 12.6 Å². The Balaban J connectivity index is 2.11. The molecule has 5 nitrogen and oxygen atoms in total. The molecule has 84 valence electrons. The summed E-state index contributed by atoms with van der Waals surface area (Å²) in [6.45, 7) is 4.03. The fourth-order valence-corrected chi connectivity index (χ4v) is 1.48. The van der Waals surface area contributed by atoms with Crippen LogP contribution in [0.15, 0.2) is 24.7 Å². The first-order valence-corrected chi connectivity index (χ1v) is 5.24. The summed E-state index contributed by atoms with van der Waals surface area (Å²) in [6.07, 6.45) is 3.93. The Kier molecular flexibility index (Phi) is 2.85. The average molecular weight is 218 g/mol. The predicted molar refractivity (Wildman–Crippen MR) is 61.1 cm³/mol. The number of fused-ring (bicyclic) bond motifs is 1. The molecular formula is C11H14N4O. The Hall–Kier alpha value is -1.91. The van der Waals surface area contributed by atoms with E-state index in [0.29, 0.717) is 12.3 Å². The van der Waals surface area contributed by atoms with Gasteiger partial charge in [0.25, 0.3) is 0 Å². The van der Waals surface area contributed by atoms with Crippen molar-refractivity contribution >= 4 is 17.2 Å². The van der Waals surface area contributed by atoms with E-state index < -0.39 is 0 Å². The molecule has 1 amide bonds. The number of anilines is 1. The number of carbonyl (C=O) groups is 1. The first kappa shape index (κ1) is 10.6. The molecule has 2 heterocycles. The first-order valence-electron chi connectivity index (χ1n) is 5.24. The van der Waals surface area contributed by atoms with E-state index in [4.69, 9.17) is 0 Å². The van der Waals surface area contributed by atoms with Crippen molar-refractivity contribution in [1.29, 1.82) is 0 Å². The van der Waals surface area contributed by atoms with E-state index in [9.17, 15) is 4.79 Å². The second kappa shape index (κ2) is 4.30. The van der Waals surface area contributed by atoms with E-state index in [0.717, 1.165) is 11.3 Å². The smallest absolute Gasteiger partial charge is 0.224 e. The standard InChI is InChI=1S/C11H14N4O/c1-8(2)5-11(16)13-9-3-4-10-14-12-7-15(10)6-9/h3-4,6-8H,5H2,1-2H3,(H,13,16). The minimum Gasteiger partial charge on any atom is -0.325 e. The Morgan fingerprint density at radius 2 is 2.31 bits per heavy atom. The largest absolute Gasteiger partial charge is 0.325 e. The first-order chi connectivity index (χ1) is 7.65. The van der Waals surface area contributed by atoms with Crippen molar-refractivity contribution in [2.45, 2.75) is 20.3 Å². The number of hydrogen-bond donors (Lipinski definition) is 1. The van der Waals surface area contributed by atoms with Crippen LogP contribution in [-0.2, 0) is 4.79 Å². The zero-order chi connectivity index (χ0) is 11.5. The lowest BCUT2D eigenvalue weighted by atomic mass is 10.1. The number of carbonyl (C=O) groups excluding carboxylic acids is 1. The zero-order valence-electron chi connectivity index (χ0n) is 9.34. The molecular weight excluding hydrogens is 204 g/mol. The Labute approximate surface area is 93.5 Å². The molecule has 0 aromatic carbocycles. The zero-order valence-corrected chi connectivity index (χ0v) is 9.34. The molecule has 0 radical (unpaired) electrons. The minimum absolute atomic E-state index is 0.0300. The Morgan fingerprint density at radius 3 is 3.06 bits per heavy atom. The minimum atomic E-state index is 0.0300. The van der Waals surface area contributed by atoms with Crippen LogP contribution < -0.4 is 5.32 Å². The maximum atomic E-state index is 11.5. The fraction of sp³-hybridized carbons (Fsp3) is 0.364. The molecule has 1 N–H and O–H groups in total. The van der Waals surface area contributed by atoms with E-state index in [1.807, 2.05) is 26.0 Å². The molecule has 0 unspecified atom stereocenters. The maximum absolute atomic E-state index is 11.5. The van der Waals surface area contributed by atoms with Gasteiger partial charge in [0.15, 0.2) is 5.65 Å². The fourth-order valence-electron chi connectivity index (χ4n) is 1.48. The van der Waals surface area contributed by atoms with Gasteiger partial charge < -0.3 is 5.32 Å². The van der Waals surface area contributed by atoms with Crippen LogP contribution in [0.3, 0.4) is 0 Å². The van der Waals surface area contributed by atoms with Crippen molar-refractivity contribution in [1.82, 2.24) is 14.6 Å². The van der Waals surface area contributed by atoms with Crippen LogP contribution >= 0.6 is 0 Å². The normalized spacial score (nSPS) is 10.9. The van der Waals surface area contributed by atoms with Crippen molar-refractivity contribution in [3.8, 4) is 0 Å². The number of hydrogen-bond acceptors (Lipinski definition) is 3. The lowest BCUT2D eigenvalue weighted by molar-refractivity contribution is -0.116. The van der Waals surface area contributed by atoms with Gasteiger partial charge in [-0.15, -0.1) is 10.2 Å².